The molecule has 0 unspecified atom stereocenters. The van der Waals surface area contributed by atoms with Crippen LogP contribution in [0.25, 0.3) is 23.1 Å². The molecule has 0 fully saturated rings. The van der Waals surface area contributed by atoms with Crippen LogP contribution in [0, 0.1) is 0 Å². The first kappa shape index (κ1) is 17.2. The second-order valence-corrected chi connectivity index (χ2v) is 6.36. The van der Waals surface area contributed by atoms with Gasteiger partial charge in [0.2, 0.25) is 0 Å². The topological polar surface area (TPSA) is 85.3 Å². The van der Waals surface area contributed by atoms with Gasteiger partial charge in [-0.15, -0.1) is 0 Å². The van der Waals surface area contributed by atoms with Crippen LogP contribution in [-0.4, -0.2) is 20.6 Å². The fourth-order valence-corrected chi connectivity index (χ4v) is 2.81. The number of aromatic nitrogens is 2. The molecule has 1 aromatic carbocycles. The molecule has 128 valence electrons. The molecule has 0 spiro atoms. The van der Waals surface area contributed by atoms with Gasteiger partial charge in [0.05, 0.1) is 15.4 Å². The number of benzene rings is 1. The first-order chi connectivity index (χ1) is 12.0. The maximum absolute atomic E-state index is 12.8. The number of carboxylic acid groups (broad SMARTS) is 1. The van der Waals surface area contributed by atoms with Gasteiger partial charge in [-0.2, -0.15) is 0 Å². The molecule has 3 rings (SSSR count). The average Bonchev–Trinajstić information content (AvgIpc) is 3.00. The lowest BCUT2D eigenvalue weighted by Gasteiger charge is -2.10. The number of halogens is 1. The zero-order valence-corrected chi connectivity index (χ0v) is 14.8. The van der Waals surface area contributed by atoms with Gasteiger partial charge in [0.1, 0.15) is 17.8 Å². The number of aliphatic carboxylic acids is 1. The lowest BCUT2D eigenvalue weighted by Crippen LogP contribution is -2.24. The Morgan fingerprint density at radius 3 is 2.84 bits per heavy atom. The monoisotopic (exact) mass is 402 g/mol. The van der Waals surface area contributed by atoms with Crippen molar-refractivity contribution in [2.45, 2.75) is 19.4 Å². The third-order valence-corrected chi connectivity index (χ3v) is 4.06. The number of para-hydroxylation sites is 1. The minimum absolute atomic E-state index is 0.00640. The van der Waals surface area contributed by atoms with Crippen LogP contribution < -0.4 is 5.56 Å². The summed E-state index contributed by atoms with van der Waals surface area (Å²) in [4.78, 5) is 28.0. The molecular formula is C18H15BrN2O4. The fraction of sp³-hybridized carbons (Fsp3) is 0.167. The molecular weight excluding hydrogens is 388 g/mol. The van der Waals surface area contributed by atoms with Crippen molar-refractivity contribution in [2.24, 2.45) is 0 Å². The molecule has 0 aliphatic carbocycles. The molecule has 7 heteroatoms. The van der Waals surface area contributed by atoms with Crippen LogP contribution >= 0.6 is 15.9 Å². The van der Waals surface area contributed by atoms with Gasteiger partial charge in [0.25, 0.3) is 5.56 Å². The van der Waals surface area contributed by atoms with Gasteiger partial charge in [-0.1, -0.05) is 12.1 Å². The first-order valence-corrected chi connectivity index (χ1v) is 8.47. The molecule has 1 N–H and O–H groups in total. The summed E-state index contributed by atoms with van der Waals surface area (Å²) in [7, 11) is 0. The van der Waals surface area contributed by atoms with E-state index >= 15 is 0 Å². The van der Waals surface area contributed by atoms with Crippen molar-refractivity contribution in [3.63, 3.8) is 0 Å². The molecule has 0 bridgehead atoms. The maximum atomic E-state index is 12.8. The Bertz CT molecular complexity index is 1000. The van der Waals surface area contributed by atoms with Gasteiger partial charge in [0.15, 0.2) is 0 Å². The Morgan fingerprint density at radius 1 is 1.32 bits per heavy atom. The van der Waals surface area contributed by atoms with Crippen molar-refractivity contribution in [1.29, 1.82) is 0 Å². The number of carboxylic acids is 1. The summed E-state index contributed by atoms with van der Waals surface area (Å²) in [6.45, 7) is 0.282. The smallest absolute Gasteiger partial charge is 0.303 e. The van der Waals surface area contributed by atoms with Crippen molar-refractivity contribution < 1.29 is 14.3 Å². The molecule has 0 radical (unpaired) electrons. The van der Waals surface area contributed by atoms with Crippen molar-refractivity contribution in [3.8, 4) is 0 Å². The quantitative estimate of drug-likeness (QED) is 0.677. The third-order valence-electron chi connectivity index (χ3n) is 3.65. The predicted molar refractivity (Wildman–Crippen MR) is 98.2 cm³/mol. The van der Waals surface area contributed by atoms with E-state index in [4.69, 9.17) is 9.52 Å². The van der Waals surface area contributed by atoms with E-state index in [1.54, 1.807) is 42.7 Å². The molecule has 3 aromatic rings. The van der Waals surface area contributed by atoms with Crippen LogP contribution in [0.3, 0.4) is 0 Å². The van der Waals surface area contributed by atoms with Crippen molar-refractivity contribution in [1.82, 2.24) is 9.55 Å². The standard InChI is InChI=1S/C18H15BrN2O4/c19-12-10-13(25-11-12)7-8-16-20-15-5-2-1-4-14(15)18(24)21(16)9-3-6-17(22)23/h1-2,4-5,7-8,10-11H,3,6,9H2,(H,22,23)/b8-7-. The number of carbonyl (C=O) groups is 1. The summed E-state index contributed by atoms with van der Waals surface area (Å²) in [5.74, 6) is 0.187. The zero-order chi connectivity index (χ0) is 17.8. The Balaban J connectivity index is 2.02. The van der Waals surface area contributed by atoms with E-state index in [1.165, 1.54) is 4.57 Å². The second kappa shape index (κ2) is 7.48. The van der Waals surface area contributed by atoms with Crippen LogP contribution in [0.4, 0.5) is 0 Å². The highest BCUT2D eigenvalue weighted by Gasteiger charge is 2.10. The predicted octanol–water partition coefficient (Wildman–Crippen LogP) is 3.79. The average molecular weight is 403 g/mol. The molecule has 6 nitrogen and oxygen atoms in total. The maximum Gasteiger partial charge on any atom is 0.303 e. The van der Waals surface area contributed by atoms with E-state index in [1.807, 2.05) is 6.07 Å². The minimum Gasteiger partial charge on any atom is -0.481 e. The van der Waals surface area contributed by atoms with Crippen LogP contribution in [0.2, 0.25) is 0 Å². The van der Waals surface area contributed by atoms with Crippen molar-refractivity contribution in [3.05, 3.63) is 63.0 Å². The lowest BCUT2D eigenvalue weighted by atomic mass is 10.2. The number of fused-ring (bicyclic) bond motifs is 1. The summed E-state index contributed by atoms with van der Waals surface area (Å²) in [6.07, 6.45) is 5.32. The van der Waals surface area contributed by atoms with E-state index in [2.05, 4.69) is 20.9 Å². The summed E-state index contributed by atoms with van der Waals surface area (Å²) in [6, 6.07) is 8.89. The normalized spacial score (nSPS) is 11.4. The highest BCUT2D eigenvalue weighted by molar-refractivity contribution is 9.10. The van der Waals surface area contributed by atoms with Gasteiger partial charge in [-0.25, -0.2) is 4.98 Å². The first-order valence-electron chi connectivity index (χ1n) is 7.68. The SMILES string of the molecule is O=C(O)CCCn1c(/C=C\c2cc(Br)co2)nc2ccccc2c1=O. The highest BCUT2D eigenvalue weighted by Crippen LogP contribution is 2.17. The summed E-state index contributed by atoms with van der Waals surface area (Å²) in [5.41, 5.74) is 0.415. The molecule has 0 atom stereocenters. The van der Waals surface area contributed by atoms with Gasteiger partial charge >= 0.3 is 5.97 Å². The molecule has 0 amide bonds. The molecule has 2 aromatic heterocycles. The third kappa shape index (κ3) is 4.06. The summed E-state index contributed by atoms with van der Waals surface area (Å²) >= 11 is 3.31. The van der Waals surface area contributed by atoms with E-state index in [0.717, 1.165) is 4.47 Å². The van der Waals surface area contributed by atoms with Crippen LogP contribution in [0.5, 0.6) is 0 Å². The van der Waals surface area contributed by atoms with Crippen LogP contribution in [-0.2, 0) is 11.3 Å². The van der Waals surface area contributed by atoms with Crippen molar-refractivity contribution >= 4 is 45.0 Å². The number of nitrogens with zero attached hydrogens (tertiary/aromatic N) is 2. The Morgan fingerprint density at radius 2 is 2.12 bits per heavy atom. The molecule has 25 heavy (non-hydrogen) atoms. The molecule has 0 saturated heterocycles. The van der Waals surface area contributed by atoms with E-state index in [0.29, 0.717) is 28.9 Å². The van der Waals surface area contributed by atoms with E-state index < -0.39 is 5.97 Å². The second-order valence-electron chi connectivity index (χ2n) is 5.44. The zero-order valence-electron chi connectivity index (χ0n) is 13.2. The summed E-state index contributed by atoms with van der Waals surface area (Å²) < 4.78 is 7.65. The Hall–Kier alpha value is -2.67. The van der Waals surface area contributed by atoms with Crippen molar-refractivity contribution in [2.75, 3.05) is 0 Å². The lowest BCUT2D eigenvalue weighted by molar-refractivity contribution is -0.137. The van der Waals surface area contributed by atoms with Gasteiger partial charge in [-0.3, -0.25) is 14.2 Å². The fourth-order valence-electron chi connectivity index (χ4n) is 2.49. The van der Waals surface area contributed by atoms with E-state index in [-0.39, 0.29) is 18.5 Å². The van der Waals surface area contributed by atoms with Gasteiger partial charge in [0, 0.05) is 13.0 Å². The molecule has 0 aliphatic rings. The summed E-state index contributed by atoms with van der Waals surface area (Å²) in [5, 5.41) is 9.33. The molecule has 0 aliphatic heterocycles. The Kier molecular flexibility index (Phi) is 5.14. The number of furan rings is 1. The van der Waals surface area contributed by atoms with Gasteiger partial charge < -0.3 is 9.52 Å². The number of hydrogen-bond donors (Lipinski definition) is 1. The Labute approximate surface area is 151 Å². The van der Waals surface area contributed by atoms with Gasteiger partial charge in [-0.05, 0) is 52.7 Å². The minimum atomic E-state index is -0.890. The van der Waals surface area contributed by atoms with Crippen LogP contribution in [0.15, 0.2) is 50.3 Å². The van der Waals surface area contributed by atoms with Crippen LogP contribution in [0.1, 0.15) is 24.4 Å². The number of rotatable bonds is 6. The largest absolute Gasteiger partial charge is 0.481 e. The number of hydrogen-bond acceptors (Lipinski definition) is 4. The molecule has 2 heterocycles. The highest BCUT2D eigenvalue weighted by atomic mass is 79.9. The van der Waals surface area contributed by atoms with E-state index in [9.17, 15) is 9.59 Å². The molecule has 0 saturated carbocycles.